The summed E-state index contributed by atoms with van der Waals surface area (Å²) < 4.78 is 11.8. The Labute approximate surface area is 361 Å². The zero-order valence-corrected chi connectivity index (χ0v) is 36.2. The number of nitrogens with zero attached hydrogens (tertiary/aromatic N) is 14. The van der Waals surface area contributed by atoms with Crippen LogP contribution >= 0.6 is 0 Å². The van der Waals surface area contributed by atoms with Crippen LogP contribution in [-0.4, -0.2) is 91.7 Å². The van der Waals surface area contributed by atoms with Gasteiger partial charge < -0.3 is 10.2 Å². The number of rotatable bonds is 16. The van der Waals surface area contributed by atoms with Crippen molar-refractivity contribution in [2.75, 3.05) is 13.2 Å². The molecule has 62 heavy (non-hydrogen) atoms. The van der Waals surface area contributed by atoms with Crippen molar-refractivity contribution in [2.24, 2.45) is 23.7 Å². The van der Waals surface area contributed by atoms with Gasteiger partial charge in [0.2, 0.25) is 0 Å². The fourth-order valence-electron chi connectivity index (χ4n) is 9.27. The Morgan fingerprint density at radius 1 is 0.500 bits per heavy atom. The van der Waals surface area contributed by atoms with Crippen LogP contribution in [0.1, 0.15) is 91.1 Å². The van der Waals surface area contributed by atoms with E-state index >= 15 is 0 Å². The minimum atomic E-state index is 0.297. The minimum absolute atomic E-state index is 0.297. The van der Waals surface area contributed by atoms with Gasteiger partial charge in [0.05, 0.1) is 95.5 Å². The van der Waals surface area contributed by atoms with Crippen LogP contribution in [-0.2, 0) is 13.1 Å². The first-order valence-corrected chi connectivity index (χ1v) is 22.4. The lowest BCUT2D eigenvalue weighted by atomic mass is 9.75. The highest BCUT2D eigenvalue weighted by Gasteiger charge is 2.30. The van der Waals surface area contributed by atoms with E-state index < -0.39 is 0 Å². The summed E-state index contributed by atoms with van der Waals surface area (Å²) in [6, 6.07) is 4.76. The molecule has 16 nitrogen and oxygen atoms in total. The smallest absolute Gasteiger partial charge is 0.0999 e. The van der Waals surface area contributed by atoms with Gasteiger partial charge in [-0.05, 0) is 87.2 Å². The standard InChI is InChI=1S/2C23H29N7O/c2*1-3-20(4-2)29-13-19(10-26-29)23-22-5-6-24-30(22)14-21(27-23)18-9-25-28(12-18)11-16-7-17(8-16)15-31/h2*5-6,9-10,12-14,16-17,20,31H,3-4,7-8,11,15H2,1-2H3. The van der Waals surface area contributed by atoms with Crippen molar-refractivity contribution in [1.82, 2.24) is 68.3 Å². The van der Waals surface area contributed by atoms with E-state index in [4.69, 9.17) is 9.97 Å². The van der Waals surface area contributed by atoms with Crippen molar-refractivity contribution in [1.29, 1.82) is 0 Å². The van der Waals surface area contributed by atoms with E-state index in [0.29, 0.717) is 49.0 Å². The zero-order valence-electron chi connectivity index (χ0n) is 36.2. The summed E-state index contributed by atoms with van der Waals surface area (Å²) in [5, 5.41) is 45.7. The molecule has 0 aliphatic heterocycles. The van der Waals surface area contributed by atoms with Crippen LogP contribution < -0.4 is 0 Å². The van der Waals surface area contributed by atoms with E-state index in [2.05, 4.69) is 83.1 Å². The predicted molar refractivity (Wildman–Crippen MR) is 237 cm³/mol. The maximum absolute atomic E-state index is 9.23. The second-order valence-corrected chi connectivity index (χ2v) is 17.3. The summed E-state index contributed by atoms with van der Waals surface area (Å²) in [6.45, 7) is 11.1. The zero-order chi connectivity index (χ0) is 42.7. The molecule has 0 aromatic carbocycles. The Kier molecular flexibility index (Phi) is 12.1. The Balaban J connectivity index is 0.000000158. The third-order valence-corrected chi connectivity index (χ3v) is 13.1. The molecule has 2 saturated carbocycles. The number of fused-ring (bicyclic) bond motifs is 2. The molecule has 2 N–H and O–H groups in total. The van der Waals surface area contributed by atoms with Crippen LogP contribution in [0, 0.1) is 23.7 Å². The third-order valence-electron chi connectivity index (χ3n) is 13.1. The van der Waals surface area contributed by atoms with Crippen LogP contribution in [0.2, 0.25) is 0 Å². The molecule has 8 aromatic heterocycles. The fraction of sp³-hybridized carbons (Fsp3) is 0.478. The maximum atomic E-state index is 9.23. The SMILES string of the molecule is CCC(CC)n1cc(-c2nc(-c3cnn(CC4CC(CO)C4)c3)cn3nccc23)cn1.CCC(CC)n1cc(-c2nc(-c3cnn(CC4CC(CO)C4)c3)cn3nccc23)cn1. The summed E-state index contributed by atoms with van der Waals surface area (Å²) >= 11 is 0. The lowest BCUT2D eigenvalue weighted by Gasteiger charge is -2.33. The summed E-state index contributed by atoms with van der Waals surface area (Å²) in [7, 11) is 0. The third kappa shape index (κ3) is 8.45. The minimum Gasteiger partial charge on any atom is -0.396 e. The van der Waals surface area contributed by atoms with Crippen molar-refractivity contribution < 1.29 is 10.2 Å². The van der Waals surface area contributed by atoms with Crippen LogP contribution in [0.5, 0.6) is 0 Å². The van der Waals surface area contributed by atoms with Crippen molar-refractivity contribution in [3.8, 4) is 45.0 Å². The van der Waals surface area contributed by atoms with Crippen molar-refractivity contribution in [3.63, 3.8) is 0 Å². The predicted octanol–water partition coefficient (Wildman–Crippen LogP) is 7.67. The topological polar surface area (TPSA) is 172 Å². The molecule has 0 saturated heterocycles. The molecular weight excluding hydrogens is 781 g/mol. The normalized spacial score (nSPS) is 18.7. The lowest BCUT2D eigenvalue weighted by Crippen LogP contribution is -2.29. The van der Waals surface area contributed by atoms with Crippen molar-refractivity contribution >= 4 is 11.0 Å². The summed E-state index contributed by atoms with van der Waals surface area (Å²) in [4.78, 5) is 9.98. The average Bonchev–Trinajstić information content (AvgIpc) is 4.12. The first kappa shape index (κ1) is 41.4. The van der Waals surface area contributed by atoms with Gasteiger partial charge in [-0.25, -0.2) is 19.0 Å². The molecule has 0 amide bonds. The van der Waals surface area contributed by atoms with E-state index in [9.17, 15) is 10.2 Å². The Morgan fingerprint density at radius 3 is 1.29 bits per heavy atom. The Morgan fingerprint density at radius 2 is 0.903 bits per heavy atom. The molecule has 8 heterocycles. The van der Waals surface area contributed by atoms with Crippen LogP contribution in [0.15, 0.2) is 86.5 Å². The van der Waals surface area contributed by atoms with E-state index in [1.165, 1.54) is 0 Å². The molecule has 0 spiro atoms. The first-order valence-electron chi connectivity index (χ1n) is 22.4. The Bertz CT molecular complexity index is 2510. The van der Waals surface area contributed by atoms with Crippen molar-refractivity contribution in [2.45, 2.75) is 104 Å². The largest absolute Gasteiger partial charge is 0.396 e. The number of aliphatic hydroxyl groups is 2. The number of aliphatic hydroxyl groups excluding tert-OH is 2. The van der Waals surface area contributed by atoms with Crippen LogP contribution in [0.4, 0.5) is 0 Å². The van der Waals surface area contributed by atoms with Gasteiger partial charge >= 0.3 is 0 Å². The maximum Gasteiger partial charge on any atom is 0.0999 e. The molecule has 2 aliphatic rings. The molecule has 16 heteroatoms. The van der Waals surface area contributed by atoms with Crippen LogP contribution in [0.3, 0.4) is 0 Å². The highest BCUT2D eigenvalue weighted by atomic mass is 16.3. The van der Waals surface area contributed by atoms with Gasteiger partial charge in [0.15, 0.2) is 0 Å². The molecule has 0 radical (unpaired) electrons. The van der Waals surface area contributed by atoms with E-state index in [0.717, 1.165) is 121 Å². The monoisotopic (exact) mass is 838 g/mol. The van der Waals surface area contributed by atoms with Gasteiger partial charge in [-0.15, -0.1) is 0 Å². The van der Waals surface area contributed by atoms with E-state index in [-0.39, 0.29) is 0 Å². The van der Waals surface area contributed by atoms with E-state index in [1.807, 2.05) is 77.1 Å². The molecule has 2 fully saturated rings. The Hall–Kier alpha value is -6.00. The summed E-state index contributed by atoms with van der Waals surface area (Å²) in [6.07, 6.45) is 31.8. The summed E-state index contributed by atoms with van der Waals surface area (Å²) in [5.41, 5.74) is 9.31. The molecular formula is C46H58N14O2. The van der Waals surface area contributed by atoms with Gasteiger partial charge in [0, 0.05) is 73.3 Å². The van der Waals surface area contributed by atoms with Gasteiger partial charge in [0.25, 0.3) is 0 Å². The van der Waals surface area contributed by atoms with Crippen LogP contribution in [0.25, 0.3) is 56.1 Å². The molecule has 0 atom stereocenters. The lowest BCUT2D eigenvalue weighted by molar-refractivity contribution is 0.0945. The highest BCUT2D eigenvalue weighted by molar-refractivity contribution is 5.79. The van der Waals surface area contributed by atoms with Gasteiger partial charge in [-0.1, -0.05) is 27.7 Å². The molecule has 2 aliphatic carbocycles. The summed E-state index contributed by atoms with van der Waals surface area (Å²) in [5.74, 6) is 2.12. The molecule has 8 aromatic rings. The van der Waals surface area contributed by atoms with Gasteiger partial charge in [-0.3, -0.25) is 18.7 Å². The van der Waals surface area contributed by atoms with Crippen molar-refractivity contribution in [3.05, 3.63) is 86.5 Å². The first-order chi connectivity index (χ1) is 30.4. The number of aromatic nitrogens is 14. The van der Waals surface area contributed by atoms with E-state index in [1.54, 1.807) is 12.4 Å². The number of hydrogen-bond donors (Lipinski definition) is 2. The van der Waals surface area contributed by atoms with Gasteiger partial charge in [0.1, 0.15) is 0 Å². The molecule has 0 bridgehead atoms. The number of hydrogen-bond acceptors (Lipinski definition) is 10. The molecule has 10 rings (SSSR count). The second-order valence-electron chi connectivity index (χ2n) is 17.3. The molecule has 324 valence electrons. The quantitative estimate of drug-likeness (QED) is 0.0984. The highest BCUT2D eigenvalue weighted by Crippen LogP contribution is 2.36. The fourth-order valence-corrected chi connectivity index (χ4v) is 9.27. The second kappa shape index (κ2) is 18.2. The van der Waals surface area contributed by atoms with Gasteiger partial charge in [-0.2, -0.15) is 30.6 Å². The molecule has 0 unspecified atom stereocenters. The average molecular weight is 839 g/mol.